The average molecular weight is 813 g/mol. The van der Waals surface area contributed by atoms with E-state index in [1.54, 1.807) is 35.5 Å². The Balaban J connectivity index is 1.13. The van der Waals surface area contributed by atoms with Gasteiger partial charge in [0.1, 0.15) is 41.1 Å². The lowest BCUT2D eigenvalue weighted by molar-refractivity contribution is -0.138. The van der Waals surface area contributed by atoms with Crippen molar-refractivity contribution in [3.63, 3.8) is 0 Å². The molecule has 18 heteroatoms. The van der Waals surface area contributed by atoms with E-state index in [-0.39, 0.29) is 67.3 Å². The van der Waals surface area contributed by atoms with Crippen LogP contribution < -0.4 is 5.32 Å². The van der Waals surface area contributed by atoms with Gasteiger partial charge in [0.25, 0.3) is 0 Å². The molecule has 280 valence electrons. The van der Waals surface area contributed by atoms with Crippen molar-refractivity contribution in [1.82, 2.24) is 29.6 Å². The molecule has 1 aromatic carbocycles. The van der Waals surface area contributed by atoms with Gasteiger partial charge in [0.2, 0.25) is 11.8 Å². The number of hydrogen-bond donors (Lipinski definition) is 2. The van der Waals surface area contributed by atoms with E-state index in [1.165, 1.54) is 18.7 Å². The predicted octanol–water partition coefficient (Wildman–Crippen LogP) is 4.46. The molecule has 0 radical (unpaired) electrons. The number of phosphoric ester groups is 1. The third-order valence-corrected chi connectivity index (χ3v) is 10.9. The van der Waals surface area contributed by atoms with E-state index >= 15 is 0 Å². The Bertz CT molecular complexity index is 2130. The summed E-state index contributed by atoms with van der Waals surface area (Å²) in [5.41, 5.74) is 2.79. The molecular formula is C35H39BrN7O9P. The number of phosphoric acid groups is 1. The summed E-state index contributed by atoms with van der Waals surface area (Å²) in [6, 6.07) is 8.28. The third kappa shape index (κ3) is 8.77. The number of aromatic nitrogens is 5. The molecule has 2 aliphatic rings. The fourth-order valence-corrected chi connectivity index (χ4v) is 7.52. The topological polar surface area (TPSA) is 205 Å². The van der Waals surface area contributed by atoms with Gasteiger partial charge in [-0.25, -0.2) is 19.5 Å². The number of carbonyl (C=O) groups excluding carboxylic acids is 4. The summed E-state index contributed by atoms with van der Waals surface area (Å²) in [6.07, 6.45) is 4.68. The van der Waals surface area contributed by atoms with Crippen LogP contribution in [-0.2, 0) is 45.7 Å². The van der Waals surface area contributed by atoms with Crippen molar-refractivity contribution >= 4 is 63.9 Å². The van der Waals surface area contributed by atoms with Crippen LogP contribution in [-0.4, -0.2) is 96.9 Å². The number of anilines is 1. The van der Waals surface area contributed by atoms with Gasteiger partial charge in [-0.1, -0.05) is 19.1 Å². The molecule has 2 fully saturated rings. The summed E-state index contributed by atoms with van der Waals surface area (Å²) < 4.78 is 28.1. The van der Waals surface area contributed by atoms with Crippen LogP contribution in [0.3, 0.4) is 0 Å². The first-order valence-electron chi connectivity index (χ1n) is 16.9. The number of amides is 2. The van der Waals surface area contributed by atoms with E-state index in [0.29, 0.717) is 44.7 Å². The number of hydrogen-bond acceptors (Lipinski definition) is 12. The first kappa shape index (κ1) is 38.5. The number of ether oxygens (including phenoxy) is 1. The number of benzene rings is 1. The number of ketones is 2. The minimum Gasteiger partial charge on any atom is -0.382 e. The minimum atomic E-state index is -4.37. The minimum absolute atomic E-state index is 0.0199. The lowest BCUT2D eigenvalue weighted by atomic mass is 10.0. The van der Waals surface area contributed by atoms with Gasteiger partial charge >= 0.3 is 7.82 Å². The molecule has 1 aliphatic carbocycles. The second kappa shape index (κ2) is 15.6. The molecule has 4 aromatic rings. The van der Waals surface area contributed by atoms with Gasteiger partial charge < -0.3 is 19.8 Å². The van der Waals surface area contributed by atoms with Crippen molar-refractivity contribution in [2.24, 2.45) is 5.41 Å². The number of pyridine rings is 1. The molecule has 2 amide bonds. The van der Waals surface area contributed by atoms with Crippen molar-refractivity contribution in [2.75, 3.05) is 32.2 Å². The predicted molar refractivity (Wildman–Crippen MR) is 195 cm³/mol. The SMILES string of the molecule is COCCOP(=O)(O)OCC(=O)CCc1ncc(-c2ccc3c(c2)c(C(C)=O)nn3CC(=O)N2[C@H](C(=O)Nc3nc(Br)ccc3C)C[C@@]3(C)C[C@@H]23)cn1. The number of halogens is 1. The van der Waals surface area contributed by atoms with Crippen molar-refractivity contribution in [3.8, 4) is 11.1 Å². The standard InChI is InChI=1S/C35H39BrN7O9P/c1-20-5-9-29(36)39-33(20)40-34(47)27-14-35(3)15-28(35)43(27)31(46)18-42-26-8-6-22(13-25(26)32(41-42)21(2)44)23-16-37-30(38-17-23)10-7-24(45)19-52-53(48,49)51-12-11-50-4/h5-6,8-9,13,16-17,27-28H,7,10-12,14-15,18-19H2,1-4H3,(H,48,49)(H,39,40,47)/t27-,28+,35-/m0/s1. The molecule has 6 rings (SSSR count). The van der Waals surface area contributed by atoms with Gasteiger partial charge in [0, 0.05) is 56.3 Å². The monoisotopic (exact) mass is 811 g/mol. The zero-order valence-electron chi connectivity index (χ0n) is 29.6. The van der Waals surface area contributed by atoms with Gasteiger partial charge in [0.05, 0.1) is 18.7 Å². The number of carbonyl (C=O) groups is 4. The maximum atomic E-state index is 13.9. The van der Waals surface area contributed by atoms with E-state index in [1.807, 2.05) is 19.1 Å². The summed E-state index contributed by atoms with van der Waals surface area (Å²) in [5, 5.41) is 7.99. The largest absolute Gasteiger partial charge is 0.472 e. The van der Waals surface area contributed by atoms with E-state index in [9.17, 15) is 28.6 Å². The fourth-order valence-electron chi connectivity index (χ4n) is 6.52. The van der Waals surface area contributed by atoms with Crippen LogP contribution in [0.4, 0.5) is 5.82 Å². The maximum absolute atomic E-state index is 13.9. The molecule has 53 heavy (non-hydrogen) atoms. The van der Waals surface area contributed by atoms with Crippen LogP contribution in [0, 0.1) is 12.3 Å². The zero-order valence-corrected chi connectivity index (χ0v) is 32.1. The summed E-state index contributed by atoms with van der Waals surface area (Å²) in [4.78, 5) is 76.8. The van der Waals surface area contributed by atoms with Crippen molar-refractivity contribution in [1.29, 1.82) is 0 Å². The number of fused-ring (bicyclic) bond motifs is 2. The number of aryl methyl sites for hydroxylation is 2. The van der Waals surface area contributed by atoms with Crippen molar-refractivity contribution in [3.05, 3.63) is 64.4 Å². The number of likely N-dealkylation sites (tertiary alicyclic amines) is 1. The highest BCUT2D eigenvalue weighted by atomic mass is 79.9. The Kier molecular flexibility index (Phi) is 11.3. The first-order valence-corrected chi connectivity index (χ1v) is 19.2. The van der Waals surface area contributed by atoms with Crippen LogP contribution in [0.5, 0.6) is 0 Å². The third-order valence-electron chi connectivity index (χ3n) is 9.50. The molecule has 1 saturated carbocycles. The highest BCUT2D eigenvalue weighted by molar-refractivity contribution is 9.10. The highest BCUT2D eigenvalue weighted by Gasteiger charge is 2.64. The molecule has 4 atom stereocenters. The van der Waals surface area contributed by atoms with E-state index < -0.39 is 26.3 Å². The van der Waals surface area contributed by atoms with Crippen LogP contribution in [0.1, 0.15) is 55.0 Å². The maximum Gasteiger partial charge on any atom is 0.472 e. The molecule has 1 saturated heterocycles. The smallest absolute Gasteiger partial charge is 0.382 e. The van der Waals surface area contributed by atoms with Gasteiger partial charge in [-0.3, -0.25) is 32.9 Å². The molecule has 2 N–H and O–H groups in total. The summed E-state index contributed by atoms with van der Waals surface area (Å²) >= 11 is 3.35. The first-order chi connectivity index (χ1) is 25.2. The van der Waals surface area contributed by atoms with Gasteiger partial charge in [-0.05, 0) is 70.4 Å². The van der Waals surface area contributed by atoms with E-state index in [4.69, 9.17) is 13.8 Å². The Hall–Kier alpha value is -4.25. The number of methoxy groups -OCH3 is 1. The van der Waals surface area contributed by atoms with E-state index in [0.717, 1.165) is 12.0 Å². The lowest BCUT2D eigenvalue weighted by Gasteiger charge is -2.27. The fraction of sp³-hybridized carbons (Fsp3) is 0.429. The van der Waals surface area contributed by atoms with Crippen LogP contribution in [0.15, 0.2) is 47.3 Å². The van der Waals surface area contributed by atoms with Gasteiger partial charge in [0.15, 0.2) is 11.6 Å². The Labute approximate surface area is 313 Å². The Morgan fingerprint density at radius 3 is 2.55 bits per heavy atom. The molecule has 1 aliphatic heterocycles. The average Bonchev–Trinajstić information content (AvgIpc) is 3.48. The van der Waals surface area contributed by atoms with Crippen LogP contribution in [0.2, 0.25) is 0 Å². The number of Topliss-reactive ketones (excluding diaryl/α,β-unsaturated/α-hetero) is 2. The van der Waals surface area contributed by atoms with Crippen LogP contribution in [0.25, 0.3) is 22.0 Å². The Morgan fingerprint density at radius 2 is 1.83 bits per heavy atom. The molecule has 1 unspecified atom stereocenters. The molecular weight excluding hydrogens is 773 g/mol. The Morgan fingerprint density at radius 1 is 1.08 bits per heavy atom. The molecule has 0 spiro atoms. The lowest BCUT2D eigenvalue weighted by Crippen LogP contribution is -2.47. The van der Waals surface area contributed by atoms with Crippen molar-refractivity contribution < 1.29 is 42.4 Å². The summed E-state index contributed by atoms with van der Waals surface area (Å²) in [6.45, 7) is 4.52. The second-order valence-corrected chi connectivity index (χ2v) is 15.7. The quantitative estimate of drug-likeness (QED) is 0.0695. The number of nitrogens with zero attached hydrogens (tertiary/aromatic N) is 6. The van der Waals surface area contributed by atoms with Gasteiger partial charge in [-0.15, -0.1) is 0 Å². The zero-order chi connectivity index (χ0) is 38.1. The number of nitrogens with one attached hydrogen (secondary N) is 1. The molecule has 0 bridgehead atoms. The molecule has 16 nitrogen and oxygen atoms in total. The number of rotatable bonds is 16. The number of piperidine rings is 1. The van der Waals surface area contributed by atoms with E-state index in [2.05, 4.69) is 48.2 Å². The van der Waals surface area contributed by atoms with Gasteiger partial charge in [-0.2, -0.15) is 5.10 Å². The summed E-state index contributed by atoms with van der Waals surface area (Å²) in [7, 11) is -2.96. The van der Waals surface area contributed by atoms with Crippen molar-refractivity contribution in [2.45, 2.75) is 65.1 Å². The highest BCUT2D eigenvalue weighted by Crippen LogP contribution is 2.59. The molecule has 4 heterocycles. The summed E-state index contributed by atoms with van der Waals surface area (Å²) in [5.74, 6) is -0.460. The molecule has 3 aromatic heterocycles. The normalized spacial score (nSPS) is 20.2. The van der Waals surface area contributed by atoms with Crippen LogP contribution >= 0.6 is 23.8 Å². The second-order valence-electron chi connectivity index (χ2n) is 13.5.